The number of rotatable bonds is 12. The number of methoxy groups -OCH3 is 2. The normalized spacial score (nSPS) is 11.9. The Hall–Kier alpha value is -3.27. The number of nitrogens with one attached hydrogen (secondary N) is 1. The van der Waals surface area contributed by atoms with Gasteiger partial charge in [-0.2, -0.15) is 0 Å². The number of amides is 2. The van der Waals surface area contributed by atoms with Crippen molar-refractivity contribution >= 4 is 27.5 Å². The maximum atomic E-state index is 13.6. The van der Waals surface area contributed by atoms with Crippen molar-refractivity contribution in [1.29, 1.82) is 0 Å². The lowest BCUT2D eigenvalue weighted by Gasteiger charge is -2.33. The van der Waals surface area contributed by atoms with Gasteiger partial charge in [-0.05, 0) is 43.2 Å². The second-order valence-electron chi connectivity index (χ2n) is 7.63. The molecular formula is C24H33N3O6S. The summed E-state index contributed by atoms with van der Waals surface area (Å²) in [6, 6.07) is 12.9. The minimum atomic E-state index is -3.84. The Morgan fingerprint density at radius 1 is 1.00 bits per heavy atom. The number of carbonyl (C=O) groups excluding carboxylic acids is 2. The summed E-state index contributed by atoms with van der Waals surface area (Å²) in [5, 5.41) is 2.76. The highest BCUT2D eigenvalue weighted by atomic mass is 32.2. The lowest BCUT2D eigenvalue weighted by atomic mass is 10.1. The monoisotopic (exact) mass is 491 g/mol. The molecule has 0 aliphatic carbocycles. The van der Waals surface area contributed by atoms with E-state index in [-0.39, 0.29) is 18.1 Å². The first-order chi connectivity index (χ1) is 16.2. The van der Waals surface area contributed by atoms with Gasteiger partial charge in [-0.25, -0.2) is 8.42 Å². The first-order valence-corrected chi connectivity index (χ1v) is 12.8. The third-order valence-electron chi connectivity index (χ3n) is 5.28. The van der Waals surface area contributed by atoms with Gasteiger partial charge in [-0.1, -0.05) is 31.2 Å². The Morgan fingerprint density at radius 3 is 2.18 bits per heavy atom. The van der Waals surface area contributed by atoms with Gasteiger partial charge in [0.15, 0.2) is 0 Å². The summed E-state index contributed by atoms with van der Waals surface area (Å²) >= 11 is 0. The van der Waals surface area contributed by atoms with Gasteiger partial charge in [0.25, 0.3) is 0 Å². The molecule has 0 aliphatic rings. The van der Waals surface area contributed by atoms with Gasteiger partial charge in [0.05, 0.1) is 26.2 Å². The quantitative estimate of drug-likeness (QED) is 0.489. The van der Waals surface area contributed by atoms with Crippen LogP contribution >= 0.6 is 0 Å². The summed E-state index contributed by atoms with van der Waals surface area (Å²) in [7, 11) is -0.845. The molecule has 0 unspecified atom stereocenters. The minimum absolute atomic E-state index is 0.127. The smallest absolute Gasteiger partial charge is 0.244 e. The fourth-order valence-electron chi connectivity index (χ4n) is 3.57. The van der Waals surface area contributed by atoms with Crippen LogP contribution in [0.3, 0.4) is 0 Å². The van der Waals surface area contributed by atoms with Gasteiger partial charge in [0, 0.05) is 13.1 Å². The molecule has 0 spiro atoms. The van der Waals surface area contributed by atoms with E-state index in [0.717, 1.165) is 16.1 Å². The van der Waals surface area contributed by atoms with Crippen LogP contribution in [0.1, 0.15) is 25.8 Å². The Bertz CT molecular complexity index is 1070. The van der Waals surface area contributed by atoms with Crippen molar-refractivity contribution in [3.63, 3.8) is 0 Å². The Kier molecular flexibility index (Phi) is 9.73. The highest BCUT2D eigenvalue weighted by Crippen LogP contribution is 2.29. The molecule has 9 nitrogen and oxygen atoms in total. The molecule has 2 rings (SSSR count). The first kappa shape index (κ1) is 27.0. The molecule has 34 heavy (non-hydrogen) atoms. The molecule has 0 aliphatic heterocycles. The van der Waals surface area contributed by atoms with Crippen molar-refractivity contribution < 1.29 is 27.5 Å². The van der Waals surface area contributed by atoms with Crippen LogP contribution in [0.2, 0.25) is 0 Å². The average Bonchev–Trinajstić information content (AvgIpc) is 2.82. The minimum Gasteiger partial charge on any atom is -0.497 e. The highest BCUT2D eigenvalue weighted by Gasteiger charge is 2.32. The maximum Gasteiger partial charge on any atom is 0.244 e. The molecule has 0 fully saturated rings. The summed E-state index contributed by atoms with van der Waals surface area (Å²) in [4.78, 5) is 27.8. The van der Waals surface area contributed by atoms with Crippen molar-refractivity contribution in [2.24, 2.45) is 0 Å². The number of hydrogen-bond acceptors (Lipinski definition) is 6. The molecule has 2 aromatic carbocycles. The van der Waals surface area contributed by atoms with Gasteiger partial charge >= 0.3 is 0 Å². The number of benzene rings is 2. The number of likely N-dealkylation sites (N-methyl/N-ethyl adjacent to an activating group) is 1. The average molecular weight is 492 g/mol. The van der Waals surface area contributed by atoms with Gasteiger partial charge < -0.3 is 19.7 Å². The van der Waals surface area contributed by atoms with E-state index in [1.165, 1.54) is 12.0 Å². The SMILES string of the molecule is CCNC(=O)[C@@H](CC)N(Cc1ccc(OC)cc1)C(=O)CN(c1ccccc1OC)S(C)(=O)=O. The molecule has 2 aromatic rings. The van der Waals surface area contributed by atoms with Crippen molar-refractivity contribution in [2.45, 2.75) is 32.9 Å². The van der Waals surface area contributed by atoms with Crippen LogP contribution in [0.4, 0.5) is 5.69 Å². The summed E-state index contributed by atoms with van der Waals surface area (Å²) in [5.74, 6) is 0.176. The van der Waals surface area contributed by atoms with E-state index in [1.807, 2.05) is 6.92 Å². The van der Waals surface area contributed by atoms with Crippen LogP contribution in [-0.4, -0.2) is 64.7 Å². The molecule has 0 saturated carbocycles. The third-order valence-corrected chi connectivity index (χ3v) is 6.41. The van der Waals surface area contributed by atoms with E-state index in [1.54, 1.807) is 62.6 Å². The summed E-state index contributed by atoms with van der Waals surface area (Å²) in [6.07, 6.45) is 1.39. The zero-order chi connectivity index (χ0) is 25.3. The van der Waals surface area contributed by atoms with Crippen LogP contribution in [0.5, 0.6) is 11.5 Å². The summed E-state index contributed by atoms with van der Waals surface area (Å²) in [6.45, 7) is 3.67. The lowest BCUT2D eigenvalue weighted by molar-refractivity contribution is -0.140. The Labute approximate surface area is 201 Å². The van der Waals surface area contributed by atoms with E-state index in [9.17, 15) is 18.0 Å². The molecule has 0 radical (unpaired) electrons. The maximum absolute atomic E-state index is 13.6. The molecule has 0 bridgehead atoms. The van der Waals surface area contributed by atoms with Crippen molar-refractivity contribution in [1.82, 2.24) is 10.2 Å². The predicted octanol–water partition coefficient (Wildman–Crippen LogP) is 2.41. The molecule has 186 valence electrons. The largest absolute Gasteiger partial charge is 0.497 e. The van der Waals surface area contributed by atoms with Crippen LogP contribution in [0.25, 0.3) is 0 Å². The Morgan fingerprint density at radius 2 is 1.65 bits per heavy atom. The fourth-order valence-corrected chi connectivity index (χ4v) is 4.42. The van der Waals surface area contributed by atoms with E-state index in [0.29, 0.717) is 24.5 Å². The van der Waals surface area contributed by atoms with Gasteiger partial charge in [-0.3, -0.25) is 13.9 Å². The van der Waals surface area contributed by atoms with Gasteiger partial charge in [-0.15, -0.1) is 0 Å². The number of ether oxygens (including phenoxy) is 2. The van der Waals surface area contributed by atoms with E-state index in [2.05, 4.69) is 5.32 Å². The zero-order valence-corrected chi connectivity index (χ0v) is 21.1. The number of carbonyl (C=O) groups is 2. The molecule has 10 heteroatoms. The van der Waals surface area contributed by atoms with Crippen molar-refractivity contribution in [2.75, 3.05) is 37.9 Å². The van der Waals surface area contributed by atoms with Crippen LogP contribution in [0, 0.1) is 0 Å². The van der Waals surface area contributed by atoms with Crippen molar-refractivity contribution in [3.05, 3.63) is 54.1 Å². The van der Waals surface area contributed by atoms with E-state index >= 15 is 0 Å². The van der Waals surface area contributed by atoms with E-state index in [4.69, 9.17) is 9.47 Å². The standard InChI is InChI=1S/C24H33N3O6S/c1-6-20(24(29)25-7-2)26(16-18-12-14-19(32-3)15-13-18)23(28)17-27(34(5,30)31)21-10-8-9-11-22(21)33-4/h8-15,20H,6-7,16-17H2,1-5H3,(H,25,29)/t20-/m1/s1. The molecule has 0 aromatic heterocycles. The number of anilines is 1. The summed E-state index contributed by atoms with van der Waals surface area (Å²) in [5.41, 5.74) is 1.02. The highest BCUT2D eigenvalue weighted by molar-refractivity contribution is 7.92. The van der Waals surface area contributed by atoms with Crippen LogP contribution in [-0.2, 0) is 26.2 Å². The number of hydrogen-bond donors (Lipinski definition) is 1. The molecule has 1 N–H and O–H groups in total. The predicted molar refractivity (Wildman–Crippen MR) is 131 cm³/mol. The summed E-state index contributed by atoms with van der Waals surface area (Å²) < 4.78 is 36.8. The number of para-hydroxylation sites is 2. The molecule has 0 heterocycles. The molecule has 2 amide bonds. The van der Waals surface area contributed by atoms with Crippen molar-refractivity contribution in [3.8, 4) is 11.5 Å². The van der Waals surface area contributed by atoms with Gasteiger partial charge in [0.2, 0.25) is 21.8 Å². The van der Waals surface area contributed by atoms with Gasteiger partial charge in [0.1, 0.15) is 24.1 Å². The first-order valence-electron chi connectivity index (χ1n) is 11.0. The second-order valence-corrected chi connectivity index (χ2v) is 9.54. The molecular weight excluding hydrogens is 458 g/mol. The third kappa shape index (κ3) is 6.86. The van der Waals surface area contributed by atoms with Crippen LogP contribution < -0.4 is 19.1 Å². The zero-order valence-electron chi connectivity index (χ0n) is 20.3. The number of nitrogens with zero attached hydrogens (tertiary/aromatic N) is 2. The van der Waals surface area contributed by atoms with Crippen LogP contribution in [0.15, 0.2) is 48.5 Å². The topological polar surface area (TPSA) is 105 Å². The Balaban J connectivity index is 2.45. The van der Waals surface area contributed by atoms with E-state index < -0.39 is 28.5 Å². The molecule has 0 saturated heterocycles. The molecule has 1 atom stereocenters. The lowest BCUT2D eigenvalue weighted by Crippen LogP contribution is -2.52. The fraction of sp³-hybridized carbons (Fsp3) is 0.417. The number of sulfonamides is 1. The second kappa shape index (κ2) is 12.3.